The molecular formula is C8H11NO3. The molecule has 0 spiro atoms. The van der Waals surface area contributed by atoms with E-state index in [1.165, 1.54) is 4.90 Å². The molecule has 1 saturated heterocycles. The number of carbonyl (C=O) groups is 3. The summed E-state index contributed by atoms with van der Waals surface area (Å²) in [6, 6.07) is -0.273. The molecule has 4 heteroatoms. The number of hydrogen-bond donors (Lipinski definition) is 0. The molecular weight excluding hydrogens is 158 g/mol. The predicted octanol–water partition coefficient (Wildman–Crippen LogP) is 0.113. The van der Waals surface area contributed by atoms with E-state index in [0.29, 0.717) is 12.8 Å². The molecule has 0 aromatic rings. The number of nitrogens with zero attached hydrogens (tertiary/aromatic N) is 1. The molecule has 1 rings (SSSR count). The summed E-state index contributed by atoms with van der Waals surface area (Å²) >= 11 is 0. The summed E-state index contributed by atoms with van der Waals surface area (Å²) in [7, 11) is 0. The van der Waals surface area contributed by atoms with E-state index in [0.717, 1.165) is 6.29 Å². The number of hydrogen-bond acceptors (Lipinski definition) is 3. The normalized spacial score (nSPS) is 19.9. The fourth-order valence-electron chi connectivity index (χ4n) is 1.33. The van der Waals surface area contributed by atoms with Gasteiger partial charge in [-0.05, 0) is 6.92 Å². The molecule has 0 aromatic heterocycles. The monoisotopic (exact) mass is 169 g/mol. The first kappa shape index (κ1) is 8.90. The second kappa shape index (κ2) is 3.47. The molecule has 0 aliphatic carbocycles. The van der Waals surface area contributed by atoms with E-state index < -0.39 is 0 Å². The summed E-state index contributed by atoms with van der Waals surface area (Å²) in [4.78, 5) is 33.5. The van der Waals surface area contributed by atoms with Crippen molar-refractivity contribution in [2.75, 3.05) is 0 Å². The molecule has 0 aromatic carbocycles. The lowest BCUT2D eigenvalue weighted by molar-refractivity contribution is -0.140. The summed E-state index contributed by atoms with van der Waals surface area (Å²) in [6.45, 7) is 1.70. The molecule has 0 radical (unpaired) electrons. The van der Waals surface area contributed by atoms with Crippen LogP contribution in [0.5, 0.6) is 0 Å². The second-order valence-electron chi connectivity index (χ2n) is 2.91. The minimum Gasteiger partial charge on any atom is -0.303 e. The number of amides is 2. The third-order valence-corrected chi connectivity index (χ3v) is 1.97. The van der Waals surface area contributed by atoms with Gasteiger partial charge in [-0.1, -0.05) is 0 Å². The van der Waals surface area contributed by atoms with Crippen LogP contribution >= 0.6 is 0 Å². The SMILES string of the molecule is C[C@@H](CC=O)N1C(=O)CCC1=O. The van der Waals surface area contributed by atoms with Crippen molar-refractivity contribution in [1.29, 1.82) is 0 Å². The third-order valence-electron chi connectivity index (χ3n) is 1.97. The van der Waals surface area contributed by atoms with Gasteiger partial charge in [-0.15, -0.1) is 0 Å². The van der Waals surface area contributed by atoms with E-state index in [1.807, 2.05) is 0 Å². The minimum absolute atomic E-state index is 0.158. The van der Waals surface area contributed by atoms with Crippen LogP contribution in [0.25, 0.3) is 0 Å². The first-order chi connectivity index (χ1) is 5.66. The molecule has 66 valence electrons. The molecule has 1 heterocycles. The number of rotatable bonds is 3. The van der Waals surface area contributed by atoms with Gasteiger partial charge in [-0.25, -0.2) is 0 Å². The van der Waals surface area contributed by atoms with E-state index in [4.69, 9.17) is 0 Å². The standard InChI is InChI=1S/C8H11NO3/c1-6(4-5-10)9-7(11)2-3-8(9)12/h5-6H,2-4H2,1H3/t6-/m0/s1. The van der Waals surface area contributed by atoms with Crippen molar-refractivity contribution in [1.82, 2.24) is 4.90 Å². The van der Waals surface area contributed by atoms with E-state index in [-0.39, 0.29) is 24.3 Å². The Morgan fingerprint density at radius 3 is 2.33 bits per heavy atom. The van der Waals surface area contributed by atoms with Crippen molar-refractivity contribution in [3.8, 4) is 0 Å². The van der Waals surface area contributed by atoms with Crippen molar-refractivity contribution >= 4 is 18.1 Å². The van der Waals surface area contributed by atoms with Crippen molar-refractivity contribution in [2.24, 2.45) is 0 Å². The number of likely N-dealkylation sites (tertiary alicyclic amines) is 1. The molecule has 0 N–H and O–H groups in total. The highest BCUT2D eigenvalue weighted by molar-refractivity contribution is 6.02. The first-order valence-corrected chi connectivity index (χ1v) is 3.95. The lowest BCUT2D eigenvalue weighted by Gasteiger charge is -2.19. The van der Waals surface area contributed by atoms with Gasteiger partial charge in [0, 0.05) is 25.3 Å². The molecule has 1 aliphatic heterocycles. The molecule has 1 aliphatic rings. The topological polar surface area (TPSA) is 54.5 Å². The molecule has 2 amide bonds. The molecule has 0 unspecified atom stereocenters. The Morgan fingerprint density at radius 1 is 1.42 bits per heavy atom. The Labute approximate surface area is 70.5 Å². The van der Waals surface area contributed by atoms with Crippen LogP contribution in [0.1, 0.15) is 26.2 Å². The van der Waals surface area contributed by atoms with Crippen LogP contribution in [0.15, 0.2) is 0 Å². The maximum Gasteiger partial charge on any atom is 0.229 e. The van der Waals surface area contributed by atoms with Crippen molar-refractivity contribution in [2.45, 2.75) is 32.2 Å². The Balaban J connectivity index is 2.65. The lowest BCUT2D eigenvalue weighted by atomic mass is 10.2. The van der Waals surface area contributed by atoms with Gasteiger partial charge in [0.1, 0.15) is 6.29 Å². The lowest BCUT2D eigenvalue weighted by Crippen LogP contribution is -2.37. The minimum atomic E-state index is -0.273. The molecule has 1 atom stereocenters. The Hall–Kier alpha value is -1.19. The van der Waals surface area contributed by atoms with Gasteiger partial charge in [-0.3, -0.25) is 14.5 Å². The predicted molar refractivity (Wildman–Crippen MR) is 41.2 cm³/mol. The first-order valence-electron chi connectivity index (χ1n) is 3.95. The zero-order valence-electron chi connectivity index (χ0n) is 6.95. The van der Waals surface area contributed by atoms with Gasteiger partial charge < -0.3 is 4.79 Å². The van der Waals surface area contributed by atoms with Gasteiger partial charge >= 0.3 is 0 Å². The number of imide groups is 1. The summed E-state index contributed by atoms with van der Waals surface area (Å²) in [5, 5.41) is 0. The van der Waals surface area contributed by atoms with Gasteiger partial charge in [0.05, 0.1) is 0 Å². The highest BCUT2D eigenvalue weighted by Gasteiger charge is 2.32. The summed E-state index contributed by atoms with van der Waals surface area (Å²) in [6.07, 6.45) is 1.55. The van der Waals surface area contributed by atoms with E-state index in [2.05, 4.69) is 0 Å². The number of aldehydes is 1. The molecule has 12 heavy (non-hydrogen) atoms. The molecule has 4 nitrogen and oxygen atoms in total. The van der Waals surface area contributed by atoms with Crippen LogP contribution in [0, 0.1) is 0 Å². The summed E-state index contributed by atoms with van der Waals surface area (Å²) in [5.41, 5.74) is 0. The second-order valence-corrected chi connectivity index (χ2v) is 2.91. The fraction of sp³-hybridized carbons (Fsp3) is 0.625. The van der Waals surface area contributed by atoms with Crippen LogP contribution in [0.3, 0.4) is 0 Å². The fourth-order valence-corrected chi connectivity index (χ4v) is 1.33. The van der Waals surface area contributed by atoms with E-state index in [9.17, 15) is 14.4 Å². The van der Waals surface area contributed by atoms with Crippen LogP contribution in [0.2, 0.25) is 0 Å². The van der Waals surface area contributed by atoms with Crippen LogP contribution in [-0.4, -0.2) is 29.0 Å². The van der Waals surface area contributed by atoms with Gasteiger partial charge in [0.25, 0.3) is 0 Å². The van der Waals surface area contributed by atoms with E-state index in [1.54, 1.807) is 6.92 Å². The van der Waals surface area contributed by atoms with Crippen LogP contribution in [-0.2, 0) is 14.4 Å². The molecule has 0 saturated carbocycles. The quantitative estimate of drug-likeness (QED) is 0.445. The van der Waals surface area contributed by atoms with Gasteiger partial charge in [0.2, 0.25) is 11.8 Å². The highest BCUT2D eigenvalue weighted by Crippen LogP contribution is 2.16. The summed E-state index contributed by atoms with van der Waals surface area (Å²) < 4.78 is 0. The van der Waals surface area contributed by atoms with E-state index >= 15 is 0 Å². The average molecular weight is 169 g/mol. The van der Waals surface area contributed by atoms with Gasteiger partial charge in [0.15, 0.2) is 0 Å². The van der Waals surface area contributed by atoms with Crippen LogP contribution < -0.4 is 0 Å². The smallest absolute Gasteiger partial charge is 0.229 e. The zero-order valence-corrected chi connectivity index (χ0v) is 6.95. The molecule has 0 bridgehead atoms. The maximum absolute atomic E-state index is 11.1. The average Bonchev–Trinajstić information content (AvgIpc) is 2.32. The van der Waals surface area contributed by atoms with Crippen molar-refractivity contribution in [3.05, 3.63) is 0 Å². The Morgan fingerprint density at radius 2 is 1.92 bits per heavy atom. The Kier molecular flexibility index (Phi) is 2.58. The largest absolute Gasteiger partial charge is 0.303 e. The van der Waals surface area contributed by atoms with Gasteiger partial charge in [-0.2, -0.15) is 0 Å². The number of carbonyl (C=O) groups excluding carboxylic acids is 3. The maximum atomic E-state index is 11.1. The Bertz CT molecular complexity index is 208. The molecule has 1 fully saturated rings. The highest BCUT2D eigenvalue weighted by atomic mass is 16.2. The van der Waals surface area contributed by atoms with Crippen molar-refractivity contribution < 1.29 is 14.4 Å². The van der Waals surface area contributed by atoms with Crippen LogP contribution in [0.4, 0.5) is 0 Å². The zero-order chi connectivity index (χ0) is 9.14. The summed E-state index contributed by atoms with van der Waals surface area (Å²) in [5.74, 6) is -0.316. The van der Waals surface area contributed by atoms with Crippen molar-refractivity contribution in [3.63, 3.8) is 0 Å². The third kappa shape index (κ3) is 1.52.